The van der Waals surface area contributed by atoms with Gasteiger partial charge in [0.15, 0.2) is 0 Å². The Balaban J connectivity index is 2.33. The number of carbonyl (C=O) groups is 2. The molecule has 0 amide bonds. The topological polar surface area (TPSA) is 83.8 Å². The van der Waals surface area contributed by atoms with Gasteiger partial charge in [-0.1, -0.05) is 49.6 Å². The van der Waals surface area contributed by atoms with Crippen LogP contribution in [0.15, 0.2) is 58.1 Å². The molecule has 0 radical (unpaired) electrons. The molecule has 0 fully saturated rings. The fourth-order valence-corrected chi connectivity index (χ4v) is 3.95. The van der Waals surface area contributed by atoms with Crippen LogP contribution in [0.1, 0.15) is 53.9 Å². The zero-order valence-corrected chi connectivity index (χ0v) is 19.0. The largest absolute Gasteiger partial charge is 0.465 e. The van der Waals surface area contributed by atoms with Crippen LogP contribution in [-0.2, 0) is 14.3 Å². The minimum Gasteiger partial charge on any atom is -0.465 e. The van der Waals surface area contributed by atoms with Crippen molar-refractivity contribution in [3.05, 3.63) is 58.1 Å². The molecule has 0 aromatic carbocycles. The van der Waals surface area contributed by atoms with Crippen molar-refractivity contribution < 1.29 is 24.5 Å². The average Bonchev–Trinajstić information content (AvgIpc) is 2.67. The quantitative estimate of drug-likeness (QED) is 0.549. The second kappa shape index (κ2) is 9.90. The third-order valence-electron chi connectivity index (χ3n) is 5.53. The Labute approximate surface area is 183 Å². The van der Waals surface area contributed by atoms with Crippen molar-refractivity contribution in [2.45, 2.75) is 65.6 Å². The van der Waals surface area contributed by atoms with Gasteiger partial charge in [0.25, 0.3) is 0 Å². The highest BCUT2D eigenvalue weighted by Crippen LogP contribution is 2.44. The highest BCUT2D eigenvalue weighted by molar-refractivity contribution is 6.45. The molecule has 30 heavy (non-hydrogen) atoms. The predicted octanol–water partition coefficient (Wildman–Crippen LogP) is 4.51. The Hall–Kier alpha value is -1.95. The molecule has 2 rings (SSSR count). The van der Waals surface area contributed by atoms with Crippen LogP contribution in [0.4, 0.5) is 0 Å². The van der Waals surface area contributed by atoms with E-state index in [-0.39, 0.29) is 23.7 Å². The Bertz CT molecular complexity index is 855. The summed E-state index contributed by atoms with van der Waals surface area (Å²) in [7, 11) is 0. The maximum absolute atomic E-state index is 12.7. The van der Waals surface area contributed by atoms with E-state index in [1.165, 1.54) is 20.1 Å². The van der Waals surface area contributed by atoms with E-state index in [9.17, 15) is 19.8 Å². The average molecular weight is 435 g/mol. The number of aliphatic hydroxyl groups is 2. The molecule has 2 N–H and O–H groups in total. The fourth-order valence-electron chi connectivity index (χ4n) is 3.59. The van der Waals surface area contributed by atoms with E-state index in [1.54, 1.807) is 12.2 Å². The third-order valence-corrected chi connectivity index (χ3v) is 5.90. The molecule has 2 unspecified atom stereocenters. The van der Waals surface area contributed by atoms with E-state index in [0.717, 1.165) is 12.0 Å². The van der Waals surface area contributed by atoms with Crippen LogP contribution in [0.2, 0.25) is 0 Å². The molecule has 1 aliphatic carbocycles. The van der Waals surface area contributed by atoms with Gasteiger partial charge >= 0.3 is 0 Å². The van der Waals surface area contributed by atoms with Crippen LogP contribution in [0.5, 0.6) is 0 Å². The van der Waals surface area contributed by atoms with Gasteiger partial charge in [-0.2, -0.15) is 0 Å². The van der Waals surface area contributed by atoms with Crippen molar-refractivity contribution in [3.8, 4) is 0 Å². The Morgan fingerprint density at radius 3 is 2.67 bits per heavy atom. The number of Topliss-reactive ketones (excluding diaryl/α,β-unsaturated/α-hetero) is 2. The standard InChI is InChI=1S/C24H31ClO5/c1-6-14(2)9-15(3)7-8-18-12-19-20(13-30-18)21(11-17(27)10-16(4)26)24(5,29)23(28)22(19)25/h7-9,12-14,16,21,26,29H,6,10-11H2,1-5H3/b8-7+,15-9+/t14?,16?,21-,24-/m0/s1. The molecular weight excluding hydrogens is 404 g/mol. The Kier molecular flexibility index (Phi) is 8.03. The van der Waals surface area contributed by atoms with Gasteiger partial charge in [-0.15, -0.1) is 0 Å². The molecule has 4 atom stereocenters. The van der Waals surface area contributed by atoms with E-state index >= 15 is 0 Å². The van der Waals surface area contributed by atoms with Gasteiger partial charge in [0.1, 0.15) is 17.1 Å². The first-order valence-corrected chi connectivity index (χ1v) is 10.7. The van der Waals surface area contributed by atoms with Gasteiger partial charge in [-0.25, -0.2) is 0 Å². The van der Waals surface area contributed by atoms with Crippen LogP contribution in [0.25, 0.3) is 0 Å². The molecular formula is C24H31ClO5. The second-order valence-electron chi connectivity index (χ2n) is 8.42. The lowest BCUT2D eigenvalue weighted by Gasteiger charge is -2.38. The molecule has 1 aliphatic heterocycles. The number of ketones is 2. The number of allylic oxidation sites excluding steroid dienone is 6. The van der Waals surface area contributed by atoms with Crippen molar-refractivity contribution in [2.24, 2.45) is 11.8 Å². The van der Waals surface area contributed by atoms with Crippen LogP contribution in [0, 0.1) is 11.8 Å². The molecule has 0 saturated carbocycles. The summed E-state index contributed by atoms with van der Waals surface area (Å²) in [6, 6.07) is 0. The molecule has 0 spiro atoms. The maximum atomic E-state index is 12.7. The monoisotopic (exact) mass is 434 g/mol. The van der Waals surface area contributed by atoms with Crippen molar-refractivity contribution in [3.63, 3.8) is 0 Å². The van der Waals surface area contributed by atoms with E-state index in [0.29, 0.717) is 22.8 Å². The molecule has 0 aromatic rings. The lowest BCUT2D eigenvalue weighted by atomic mass is 9.70. The SMILES string of the molecule is CCC(C)/C=C(C)/C=C/C1=CC2=C(Cl)C(=O)[C@@](C)(O)[C@@H](CC(=O)CC(C)O)C2=CO1. The maximum Gasteiger partial charge on any atom is 0.206 e. The summed E-state index contributed by atoms with van der Waals surface area (Å²) in [5, 5.41) is 20.2. The Morgan fingerprint density at radius 1 is 1.40 bits per heavy atom. The van der Waals surface area contributed by atoms with Crippen LogP contribution < -0.4 is 0 Å². The van der Waals surface area contributed by atoms with Gasteiger partial charge in [-0.3, -0.25) is 9.59 Å². The number of hydrogen-bond donors (Lipinski definition) is 2. The Morgan fingerprint density at radius 2 is 2.07 bits per heavy atom. The molecule has 1 heterocycles. The summed E-state index contributed by atoms with van der Waals surface area (Å²) in [5.41, 5.74) is 0.221. The van der Waals surface area contributed by atoms with E-state index < -0.39 is 23.4 Å². The molecule has 5 nitrogen and oxygen atoms in total. The van der Waals surface area contributed by atoms with Crippen molar-refractivity contribution in [1.82, 2.24) is 0 Å². The number of rotatable bonds is 8. The lowest BCUT2D eigenvalue weighted by molar-refractivity contribution is -0.137. The van der Waals surface area contributed by atoms with Crippen LogP contribution in [-0.4, -0.2) is 33.5 Å². The summed E-state index contributed by atoms with van der Waals surface area (Å²) in [6.07, 6.45) is 9.11. The molecule has 164 valence electrons. The summed E-state index contributed by atoms with van der Waals surface area (Å²) >= 11 is 6.30. The van der Waals surface area contributed by atoms with E-state index in [1.807, 2.05) is 13.0 Å². The molecule has 6 heteroatoms. The number of carbonyl (C=O) groups excluding carboxylic acids is 2. The van der Waals surface area contributed by atoms with Crippen LogP contribution in [0.3, 0.4) is 0 Å². The number of aliphatic hydroxyl groups excluding tert-OH is 1. The molecule has 0 aromatic heterocycles. The smallest absolute Gasteiger partial charge is 0.206 e. The second-order valence-corrected chi connectivity index (χ2v) is 8.80. The summed E-state index contributed by atoms with van der Waals surface area (Å²) in [4.78, 5) is 25.0. The lowest BCUT2D eigenvalue weighted by Crippen LogP contribution is -2.48. The molecule has 2 aliphatic rings. The minimum absolute atomic E-state index is 0.0483. The van der Waals surface area contributed by atoms with Crippen molar-refractivity contribution in [2.75, 3.05) is 0 Å². The predicted molar refractivity (Wildman–Crippen MR) is 118 cm³/mol. The van der Waals surface area contributed by atoms with Gasteiger partial charge in [-0.05, 0) is 38.8 Å². The van der Waals surface area contributed by atoms with Crippen LogP contribution >= 0.6 is 11.6 Å². The molecule has 0 saturated heterocycles. The number of fused-ring (bicyclic) bond motifs is 1. The number of halogens is 1. The highest BCUT2D eigenvalue weighted by atomic mass is 35.5. The zero-order valence-electron chi connectivity index (χ0n) is 18.2. The molecule has 0 bridgehead atoms. The van der Waals surface area contributed by atoms with E-state index in [2.05, 4.69) is 19.9 Å². The summed E-state index contributed by atoms with van der Waals surface area (Å²) in [5.74, 6) is -0.699. The summed E-state index contributed by atoms with van der Waals surface area (Å²) < 4.78 is 5.71. The first-order chi connectivity index (χ1) is 14.0. The van der Waals surface area contributed by atoms with Crippen molar-refractivity contribution in [1.29, 1.82) is 0 Å². The number of hydrogen-bond acceptors (Lipinski definition) is 5. The normalized spacial score (nSPS) is 26.7. The third kappa shape index (κ3) is 5.60. The van der Waals surface area contributed by atoms with E-state index in [4.69, 9.17) is 16.3 Å². The van der Waals surface area contributed by atoms with Crippen molar-refractivity contribution >= 4 is 23.2 Å². The first kappa shape index (κ1) is 24.3. The fraction of sp³-hybridized carbons (Fsp3) is 0.500. The first-order valence-electron chi connectivity index (χ1n) is 10.3. The minimum atomic E-state index is -1.83. The highest BCUT2D eigenvalue weighted by Gasteiger charge is 2.49. The van der Waals surface area contributed by atoms with Gasteiger partial charge < -0.3 is 14.9 Å². The zero-order chi connectivity index (χ0) is 22.6. The van der Waals surface area contributed by atoms with Gasteiger partial charge in [0, 0.05) is 29.9 Å². The van der Waals surface area contributed by atoms with Gasteiger partial charge in [0.2, 0.25) is 5.78 Å². The number of ether oxygens (including phenoxy) is 1. The summed E-state index contributed by atoms with van der Waals surface area (Å²) in [6.45, 7) is 9.16. The van der Waals surface area contributed by atoms with Gasteiger partial charge in [0.05, 0.1) is 17.4 Å².